The van der Waals surface area contributed by atoms with E-state index in [9.17, 15) is 0 Å². The van der Waals surface area contributed by atoms with Crippen LogP contribution >= 0.6 is 15.9 Å². The van der Waals surface area contributed by atoms with Gasteiger partial charge in [-0.05, 0) is 12.1 Å². The molecule has 10 heavy (non-hydrogen) atoms. The summed E-state index contributed by atoms with van der Waals surface area (Å²) < 4.78 is 1.13. The average Bonchev–Trinajstić information content (AvgIpc) is 1.69. The van der Waals surface area contributed by atoms with Crippen LogP contribution in [-0.4, -0.2) is 23.1 Å². The zero-order valence-electron chi connectivity index (χ0n) is 5.23. The van der Waals surface area contributed by atoms with Crippen molar-refractivity contribution in [3.63, 3.8) is 0 Å². The van der Waals surface area contributed by atoms with Gasteiger partial charge in [0.15, 0.2) is 0 Å². The summed E-state index contributed by atoms with van der Waals surface area (Å²) in [4.78, 5) is 0. The molecule has 52 valence electrons. The van der Waals surface area contributed by atoms with Gasteiger partial charge in [0.1, 0.15) is 0 Å². The third kappa shape index (κ3) is 6.45. The second kappa shape index (κ2) is 9.33. The fourth-order valence-electron chi connectivity index (χ4n) is 0.415. The van der Waals surface area contributed by atoms with Crippen LogP contribution in [0.15, 0.2) is 34.8 Å². The molecule has 0 aliphatic heterocycles. The first kappa shape index (κ1) is 16.7. The number of halogens is 3. The van der Waals surface area contributed by atoms with E-state index in [4.69, 9.17) is 0 Å². The fraction of sp³-hybridized carbons (Fsp3) is 0. The third-order valence-corrected chi connectivity index (χ3v) is 1.26. The molecule has 0 saturated heterocycles. The van der Waals surface area contributed by atoms with Gasteiger partial charge in [0.25, 0.3) is 0 Å². The number of rotatable bonds is 0. The van der Waals surface area contributed by atoms with Crippen molar-refractivity contribution in [2.24, 2.45) is 0 Å². The molecule has 0 radical (unpaired) electrons. The van der Waals surface area contributed by atoms with Crippen molar-refractivity contribution in [1.29, 1.82) is 0 Å². The van der Waals surface area contributed by atoms with E-state index in [0.717, 1.165) is 4.47 Å². The first-order valence-corrected chi connectivity index (χ1v) is 2.89. The summed E-state index contributed by atoms with van der Waals surface area (Å²) in [6.45, 7) is 0. The minimum Gasteiger partial charge on any atom is -1.00 e. The van der Waals surface area contributed by atoms with E-state index in [0.29, 0.717) is 0 Å². The summed E-state index contributed by atoms with van der Waals surface area (Å²) >= 11 is 3.31. The van der Waals surface area contributed by atoms with E-state index in [1.165, 1.54) is 0 Å². The molecule has 0 N–H and O–H groups in total. The third-order valence-electron chi connectivity index (χ3n) is 0.733. The minimum absolute atomic E-state index is 0. The molecule has 0 aliphatic carbocycles. The van der Waals surface area contributed by atoms with Gasteiger partial charge in [0.2, 0.25) is 0 Å². The number of hydrogen-bond acceptors (Lipinski definition) is 0. The molecule has 0 saturated carbocycles. The predicted octanol–water partition coefficient (Wildman–Crippen LogP) is -3.92. The van der Waals surface area contributed by atoms with E-state index in [1.807, 2.05) is 30.3 Å². The van der Waals surface area contributed by atoms with Crippen LogP contribution < -0.4 is 9.41 Å². The first-order valence-electron chi connectivity index (χ1n) is 2.10. The molecule has 0 spiro atoms. The summed E-state index contributed by atoms with van der Waals surface area (Å²) in [5, 5.41) is 0. The van der Waals surface area contributed by atoms with Crippen LogP contribution in [0.25, 0.3) is 0 Å². The van der Waals surface area contributed by atoms with Gasteiger partial charge in [-0.2, -0.15) is 0 Å². The largest absolute Gasteiger partial charge is 2.00 e. The van der Waals surface area contributed by atoms with Gasteiger partial charge >= 0.3 is 23.1 Å². The van der Waals surface area contributed by atoms with E-state index in [-0.39, 0.29) is 32.5 Å². The molecular weight excluding hydrogens is 214 g/mol. The van der Waals surface area contributed by atoms with E-state index in [2.05, 4.69) is 15.9 Å². The Kier molecular flexibility index (Phi) is 15.6. The molecule has 1 aromatic carbocycles. The van der Waals surface area contributed by atoms with Crippen LogP contribution in [0.3, 0.4) is 0 Å². The maximum Gasteiger partial charge on any atom is 2.00 e. The van der Waals surface area contributed by atoms with Crippen molar-refractivity contribution in [2.45, 2.75) is 0 Å². The molecule has 0 amide bonds. The molecule has 0 bridgehead atoms. The van der Waals surface area contributed by atoms with Gasteiger partial charge in [-0.1, -0.05) is 34.1 Å². The summed E-state index contributed by atoms with van der Waals surface area (Å²) in [5.41, 5.74) is 0. The second-order valence-corrected chi connectivity index (χ2v) is 2.21. The monoisotopic (exact) mass is 218 g/mol. The van der Waals surface area contributed by atoms with Crippen LogP contribution in [0.5, 0.6) is 0 Å². The number of benzene rings is 1. The maximum atomic E-state index is 3.31. The molecule has 0 fully saturated rings. The van der Waals surface area contributed by atoms with E-state index < -0.39 is 0 Å². The molecule has 1 rings (SSSR count). The van der Waals surface area contributed by atoms with Crippen LogP contribution in [-0.2, 0) is 0 Å². The Balaban J connectivity index is -0.000000163. The first-order chi connectivity index (χ1) is 3.39. The van der Waals surface area contributed by atoms with Crippen molar-refractivity contribution in [3.8, 4) is 0 Å². The molecule has 0 nitrogen and oxygen atoms in total. The number of hydrogen-bond donors (Lipinski definition) is 0. The summed E-state index contributed by atoms with van der Waals surface area (Å²) in [6, 6.07) is 9.97. The fourth-order valence-corrected chi connectivity index (χ4v) is 0.720. The molecule has 4 heteroatoms. The quantitative estimate of drug-likeness (QED) is 0.391. The van der Waals surface area contributed by atoms with Crippen molar-refractivity contribution < 1.29 is 9.41 Å². The summed E-state index contributed by atoms with van der Waals surface area (Å²) in [7, 11) is 0. The minimum atomic E-state index is 0. The van der Waals surface area contributed by atoms with Crippen LogP contribution in [0.1, 0.15) is 0 Å². The van der Waals surface area contributed by atoms with Gasteiger partial charge in [-0.25, -0.2) is 0 Å². The van der Waals surface area contributed by atoms with E-state index >= 15 is 0 Å². The zero-order valence-corrected chi connectivity index (χ0v) is 8.23. The van der Waals surface area contributed by atoms with Gasteiger partial charge in [-0.3, -0.25) is 0 Å². The second-order valence-electron chi connectivity index (χ2n) is 1.30. The standard InChI is InChI=1S/C6H5Br.2FH.Mg/c7-6-4-2-1-3-5-6;;;/h1-5H;2*1H;/q;;;+2/p-2. The average molecular weight is 219 g/mol. The molecule has 1 aromatic rings. The normalized spacial score (nSPS) is 6.10. The molecule has 0 aliphatic rings. The van der Waals surface area contributed by atoms with Gasteiger partial charge in [-0.15, -0.1) is 0 Å². The molecule has 0 unspecified atom stereocenters. The molecule has 0 heterocycles. The Morgan fingerprint density at radius 2 is 1.30 bits per heavy atom. The maximum absolute atomic E-state index is 3.31. The SMILES string of the molecule is Brc1ccccc1.[F-].[F-].[Mg+2]. The molecule has 0 atom stereocenters. The molecule has 0 aromatic heterocycles. The topological polar surface area (TPSA) is 0 Å². The molecular formula is C6H5BrF2Mg. The Hall–Kier alpha value is 0.326. The van der Waals surface area contributed by atoms with Crippen LogP contribution in [0, 0.1) is 0 Å². The Bertz CT molecular complexity index is 146. The van der Waals surface area contributed by atoms with Crippen LogP contribution in [0.2, 0.25) is 0 Å². The summed E-state index contributed by atoms with van der Waals surface area (Å²) in [6.07, 6.45) is 0. The Labute approximate surface area is 83.0 Å². The van der Waals surface area contributed by atoms with Gasteiger partial charge in [0.05, 0.1) is 0 Å². The van der Waals surface area contributed by atoms with Crippen molar-refractivity contribution in [1.82, 2.24) is 0 Å². The zero-order chi connectivity index (χ0) is 5.11. The van der Waals surface area contributed by atoms with Crippen LogP contribution in [0.4, 0.5) is 0 Å². The van der Waals surface area contributed by atoms with Crippen molar-refractivity contribution >= 4 is 39.0 Å². The van der Waals surface area contributed by atoms with Gasteiger partial charge < -0.3 is 9.41 Å². The van der Waals surface area contributed by atoms with Crippen molar-refractivity contribution in [3.05, 3.63) is 34.8 Å². The summed E-state index contributed by atoms with van der Waals surface area (Å²) in [5.74, 6) is 0. The van der Waals surface area contributed by atoms with Gasteiger partial charge in [0, 0.05) is 4.47 Å². The Morgan fingerprint density at radius 1 is 0.900 bits per heavy atom. The Morgan fingerprint density at radius 3 is 1.50 bits per heavy atom. The van der Waals surface area contributed by atoms with E-state index in [1.54, 1.807) is 0 Å². The smallest absolute Gasteiger partial charge is 1.00 e. The predicted molar refractivity (Wildman–Crippen MR) is 39.9 cm³/mol. The van der Waals surface area contributed by atoms with Crippen molar-refractivity contribution in [2.75, 3.05) is 0 Å².